The third-order valence-corrected chi connectivity index (χ3v) is 7.35. The number of hydrogen-bond donors (Lipinski definition) is 3. The molecule has 10 nitrogen and oxygen atoms in total. The maximum atomic E-state index is 13.4. The molecule has 3 rings (SSSR count). The number of halogens is 7. The Morgan fingerprint density at radius 3 is 1.85 bits per heavy atom. The van der Waals surface area contributed by atoms with Crippen molar-refractivity contribution in [3.63, 3.8) is 0 Å². The second-order valence-corrected chi connectivity index (χ2v) is 11.7. The summed E-state index contributed by atoms with van der Waals surface area (Å²) in [7, 11) is 0. The summed E-state index contributed by atoms with van der Waals surface area (Å²) in [5, 5.41) is 2.27. The van der Waals surface area contributed by atoms with Gasteiger partial charge in [-0.2, -0.15) is 30.7 Å². The van der Waals surface area contributed by atoms with Crippen molar-refractivity contribution in [1.82, 2.24) is 0 Å². The summed E-state index contributed by atoms with van der Waals surface area (Å²) >= 11 is 0. The number of alkyl halides is 7. The third kappa shape index (κ3) is 13.1. The number of rotatable bonds is 18. The number of nitrogen functional groups attached to an aromatic ring is 2. The van der Waals surface area contributed by atoms with Crippen molar-refractivity contribution in [2.45, 2.75) is 63.0 Å². The van der Waals surface area contributed by atoms with Gasteiger partial charge in [0, 0.05) is 36.0 Å². The molecule has 0 spiro atoms. The number of carbonyl (C=O) groups excluding carboxylic acids is 4. The number of ether oxygens (including phenoxy) is 3. The maximum Gasteiger partial charge on any atom is 0.459 e. The molecule has 0 unspecified atom stereocenters. The average Bonchev–Trinajstić information content (AvgIpc) is 3.08. The molecule has 0 saturated carbocycles. The number of benzene rings is 3. The normalized spacial score (nSPS) is 12.0. The quantitative estimate of drug-likeness (QED) is 0.0292. The Morgan fingerprint density at radius 2 is 1.26 bits per heavy atom. The van der Waals surface area contributed by atoms with E-state index in [1.807, 2.05) is 0 Å². The highest BCUT2D eigenvalue weighted by atomic mass is 19.4. The van der Waals surface area contributed by atoms with Gasteiger partial charge in [0.05, 0.1) is 24.3 Å². The monoisotopic (exact) mass is 755 g/mol. The molecule has 0 aliphatic carbocycles. The molecule has 0 radical (unpaired) electrons. The fraction of sp³-hybridized carbons (Fsp3) is 0.333. The van der Waals surface area contributed by atoms with E-state index in [0.29, 0.717) is 29.8 Å². The minimum absolute atomic E-state index is 0.0622. The molecule has 0 saturated heterocycles. The molecule has 0 aliphatic rings. The molecule has 0 heterocycles. The molecule has 0 bridgehead atoms. The fourth-order valence-corrected chi connectivity index (χ4v) is 4.55. The van der Waals surface area contributed by atoms with Crippen molar-refractivity contribution in [2.75, 3.05) is 30.0 Å². The summed E-state index contributed by atoms with van der Waals surface area (Å²) in [6.45, 7) is 0.425. The van der Waals surface area contributed by atoms with Crippen LogP contribution in [-0.2, 0) is 19.1 Å². The summed E-state index contributed by atoms with van der Waals surface area (Å²) in [5.74, 6) is -14.2. The van der Waals surface area contributed by atoms with Gasteiger partial charge in [-0.15, -0.1) is 0 Å². The summed E-state index contributed by atoms with van der Waals surface area (Å²) in [5.41, 5.74) is 13.1. The van der Waals surface area contributed by atoms with E-state index >= 15 is 0 Å². The van der Waals surface area contributed by atoms with Crippen molar-refractivity contribution in [2.24, 2.45) is 0 Å². The van der Waals surface area contributed by atoms with E-state index in [0.717, 1.165) is 12.8 Å². The first-order valence-electron chi connectivity index (χ1n) is 16.1. The summed E-state index contributed by atoms with van der Waals surface area (Å²) in [6.07, 6.45) is -4.51. The molecular formula is C36H36F7N3O7. The van der Waals surface area contributed by atoms with E-state index in [9.17, 15) is 49.9 Å². The van der Waals surface area contributed by atoms with Crippen LogP contribution in [0.1, 0.15) is 71.2 Å². The van der Waals surface area contributed by atoms with Crippen LogP contribution < -0.4 is 21.5 Å². The average molecular weight is 756 g/mol. The third-order valence-electron chi connectivity index (χ3n) is 7.35. The zero-order chi connectivity index (χ0) is 39.2. The lowest BCUT2D eigenvalue weighted by atomic mass is 10.0. The number of unbranched alkanes of at least 4 members (excludes halogenated alkanes) is 3. The highest BCUT2D eigenvalue weighted by Crippen LogP contribution is 2.48. The molecular weight excluding hydrogens is 719 g/mol. The van der Waals surface area contributed by atoms with E-state index in [1.54, 1.807) is 12.1 Å². The van der Waals surface area contributed by atoms with Crippen LogP contribution in [0.25, 0.3) is 6.08 Å². The molecule has 17 heteroatoms. The van der Waals surface area contributed by atoms with Crippen LogP contribution in [0.15, 0.2) is 72.8 Å². The molecule has 53 heavy (non-hydrogen) atoms. The van der Waals surface area contributed by atoms with Crippen LogP contribution in [0.3, 0.4) is 0 Å². The molecule has 3 aromatic rings. The smallest absolute Gasteiger partial charge is 0.459 e. The van der Waals surface area contributed by atoms with Crippen LogP contribution in [-0.4, -0.2) is 55.1 Å². The van der Waals surface area contributed by atoms with Gasteiger partial charge in [0.1, 0.15) is 5.75 Å². The van der Waals surface area contributed by atoms with Crippen LogP contribution in [0.2, 0.25) is 0 Å². The van der Waals surface area contributed by atoms with Gasteiger partial charge in [0.15, 0.2) is 0 Å². The van der Waals surface area contributed by atoms with Crippen molar-refractivity contribution in [3.8, 4) is 5.75 Å². The first-order valence-corrected chi connectivity index (χ1v) is 16.1. The molecule has 286 valence electrons. The summed E-state index contributed by atoms with van der Waals surface area (Å²) < 4.78 is 105. The van der Waals surface area contributed by atoms with Crippen molar-refractivity contribution >= 4 is 47.0 Å². The molecule has 0 aromatic heterocycles. The zero-order valence-electron chi connectivity index (χ0n) is 28.0. The SMILES string of the molecule is Nc1cc(N)cc(C(=O)OCCCCCCOC(=O)/C=C/c2ccc(OC(=O)c3ccc(NC(=O)CCCC(F)(F)C(F)(F)C(F)(F)F)cc3)cc2)c1. The summed E-state index contributed by atoms with van der Waals surface area (Å²) in [4.78, 5) is 48.6. The fourth-order valence-electron chi connectivity index (χ4n) is 4.55. The minimum Gasteiger partial charge on any atom is -0.463 e. The zero-order valence-corrected chi connectivity index (χ0v) is 28.0. The van der Waals surface area contributed by atoms with Gasteiger partial charge in [0.2, 0.25) is 5.91 Å². The van der Waals surface area contributed by atoms with Gasteiger partial charge in [-0.1, -0.05) is 12.1 Å². The van der Waals surface area contributed by atoms with Crippen LogP contribution >= 0.6 is 0 Å². The second-order valence-electron chi connectivity index (χ2n) is 11.7. The Bertz CT molecular complexity index is 1730. The Kier molecular flexibility index (Phi) is 14.8. The maximum absolute atomic E-state index is 13.4. The highest BCUT2D eigenvalue weighted by molar-refractivity contribution is 5.94. The van der Waals surface area contributed by atoms with E-state index in [4.69, 9.17) is 25.7 Å². The minimum atomic E-state index is -6.44. The first-order chi connectivity index (χ1) is 24.9. The van der Waals surface area contributed by atoms with Crippen LogP contribution in [0.4, 0.5) is 47.8 Å². The Hall–Kier alpha value is -5.61. The van der Waals surface area contributed by atoms with E-state index < -0.39 is 61.1 Å². The van der Waals surface area contributed by atoms with Gasteiger partial charge in [0.25, 0.3) is 0 Å². The molecule has 0 aliphatic heterocycles. The van der Waals surface area contributed by atoms with Gasteiger partial charge in [-0.25, -0.2) is 14.4 Å². The topological polar surface area (TPSA) is 160 Å². The largest absolute Gasteiger partial charge is 0.463 e. The van der Waals surface area contributed by atoms with Crippen LogP contribution in [0, 0.1) is 0 Å². The Balaban J connectivity index is 1.31. The van der Waals surface area contributed by atoms with Crippen molar-refractivity contribution < 1.29 is 64.1 Å². The number of carbonyl (C=O) groups is 4. The lowest BCUT2D eigenvalue weighted by Gasteiger charge is -2.28. The second kappa shape index (κ2) is 18.8. The summed E-state index contributed by atoms with van der Waals surface area (Å²) in [6, 6.07) is 15.7. The Morgan fingerprint density at radius 1 is 0.679 bits per heavy atom. The lowest BCUT2D eigenvalue weighted by Crippen LogP contribution is -2.51. The highest BCUT2D eigenvalue weighted by Gasteiger charge is 2.72. The van der Waals surface area contributed by atoms with Crippen molar-refractivity contribution in [1.29, 1.82) is 0 Å². The van der Waals surface area contributed by atoms with Gasteiger partial charge < -0.3 is 31.0 Å². The lowest BCUT2D eigenvalue weighted by molar-refractivity contribution is -0.355. The van der Waals surface area contributed by atoms with E-state index in [2.05, 4.69) is 5.32 Å². The Labute approximate surface area is 299 Å². The predicted octanol–water partition coefficient (Wildman–Crippen LogP) is 7.99. The standard InChI is InChI=1S/C36H36F7N3O7/c37-34(38,35(39,40)36(41,42)43)17-5-6-30(47)46-28-12-10-24(11-13-28)33(50)53-29-14-7-23(8-15-29)9-16-31(48)51-18-3-1-2-4-19-52-32(49)25-20-26(44)22-27(45)21-25/h7-16,20-22H,1-6,17-19,44-45H2,(H,46,47)/b16-9+. The van der Waals surface area contributed by atoms with Gasteiger partial charge in [-0.3, -0.25) is 4.79 Å². The molecule has 3 aromatic carbocycles. The van der Waals surface area contributed by atoms with E-state index in [-0.39, 0.29) is 35.8 Å². The number of nitrogens with two attached hydrogens (primary N) is 2. The van der Waals surface area contributed by atoms with E-state index in [1.165, 1.54) is 66.7 Å². The van der Waals surface area contributed by atoms with Crippen molar-refractivity contribution in [3.05, 3.63) is 89.5 Å². The molecule has 0 atom stereocenters. The van der Waals surface area contributed by atoms with Gasteiger partial charge >= 0.3 is 35.9 Å². The number of nitrogens with one attached hydrogen (secondary N) is 1. The predicted molar refractivity (Wildman–Crippen MR) is 180 cm³/mol. The molecule has 1 amide bonds. The number of hydrogen-bond acceptors (Lipinski definition) is 9. The first kappa shape index (κ1) is 41.8. The van der Waals surface area contributed by atoms with Crippen LogP contribution in [0.5, 0.6) is 5.75 Å². The molecule has 0 fully saturated rings. The number of esters is 3. The number of anilines is 3. The molecule has 5 N–H and O–H groups in total. The number of amides is 1. The van der Waals surface area contributed by atoms with Gasteiger partial charge in [-0.05, 0) is 98.3 Å².